The van der Waals surface area contributed by atoms with E-state index in [-0.39, 0.29) is 6.54 Å². The number of amides is 2. The molecule has 1 atom stereocenters. The molecule has 0 fully saturated rings. The fraction of sp³-hybridized carbons (Fsp3) is 0.333. The van der Waals surface area contributed by atoms with E-state index in [0.29, 0.717) is 5.82 Å². The zero-order valence-electron chi connectivity index (χ0n) is 8.65. The molecule has 1 unspecified atom stereocenters. The van der Waals surface area contributed by atoms with Crippen LogP contribution in [0.25, 0.3) is 0 Å². The highest BCUT2D eigenvalue weighted by atomic mass is 16.2. The van der Waals surface area contributed by atoms with Gasteiger partial charge in [0.25, 0.3) is 0 Å². The summed E-state index contributed by atoms with van der Waals surface area (Å²) >= 11 is 0. The highest BCUT2D eigenvalue weighted by molar-refractivity contribution is 6.35. The molecule has 0 radical (unpaired) electrons. The van der Waals surface area contributed by atoms with Gasteiger partial charge in [-0.25, -0.2) is 4.98 Å². The van der Waals surface area contributed by atoms with Crippen molar-refractivity contribution >= 4 is 11.8 Å². The number of nitrogens with zero attached hydrogens (tertiary/aromatic N) is 2. The Morgan fingerprint density at radius 3 is 2.94 bits per heavy atom. The first-order valence-corrected chi connectivity index (χ1v) is 4.60. The van der Waals surface area contributed by atoms with Gasteiger partial charge in [-0.2, -0.15) is 5.26 Å². The summed E-state index contributed by atoms with van der Waals surface area (Å²) in [4.78, 5) is 29.1. The summed E-state index contributed by atoms with van der Waals surface area (Å²) in [6.07, 6.45) is 3.17. The van der Waals surface area contributed by atoms with Crippen molar-refractivity contribution in [3.63, 3.8) is 0 Å². The van der Waals surface area contributed by atoms with Crippen LogP contribution < -0.4 is 10.6 Å². The number of hydrogen-bond donors (Lipinski definition) is 3. The summed E-state index contributed by atoms with van der Waals surface area (Å²) in [5.41, 5.74) is 0. The van der Waals surface area contributed by atoms with Gasteiger partial charge in [0, 0.05) is 12.4 Å². The molecule has 0 aliphatic rings. The number of rotatable bonds is 3. The number of carbonyl (C=O) groups is 2. The predicted molar refractivity (Wildman–Crippen MR) is 53.8 cm³/mol. The molecule has 0 aromatic carbocycles. The van der Waals surface area contributed by atoms with Crippen LogP contribution in [0.5, 0.6) is 0 Å². The number of aromatic nitrogens is 2. The van der Waals surface area contributed by atoms with Gasteiger partial charge >= 0.3 is 11.8 Å². The number of carbonyl (C=O) groups excluding carboxylic acids is 2. The van der Waals surface area contributed by atoms with Crippen LogP contribution in [-0.2, 0) is 9.59 Å². The molecular weight excluding hydrogens is 210 g/mol. The van der Waals surface area contributed by atoms with Crippen molar-refractivity contribution in [3.8, 4) is 6.07 Å². The van der Waals surface area contributed by atoms with Crippen molar-refractivity contribution in [2.75, 3.05) is 6.54 Å². The molecular formula is C9H11N5O2. The van der Waals surface area contributed by atoms with Gasteiger partial charge in [0.15, 0.2) is 0 Å². The number of nitriles is 1. The SMILES string of the molecule is CC(NC(=O)C(=O)NCC#N)c1ncc[nH]1. The Balaban J connectivity index is 2.46. The van der Waals surface area contributed by atoms with Crippen LogP contribution in [0.15, 0.2) is 12.4 Å². The van der Waals surface area contributed by atoms with E-state index in [0.717, 1.165) is 0 Å². The first kappa shape index (κ1) is 11.7. The van der Waals surface area contributed by atoms with Crippen LogP contribution in [0.3, 0.4) is 0 Å². The van der Waals surface area contributed by atoms with Gasteiger partial charge in [-0.05, 0) is 6.92 Å². The average Bonchev–Trinajstić information content (AvgIpc) is 2.79. The molecule has 16 heavy (non-hydrogen) atoms. The minimum atomic E-state index is -0.833. The molecule has 1 aromatic rings. The number of nitrogens with one attached hydrogen (secondary N) is 3. The summed E-state index contributed by atoms with van der Waals surface area (Å²) in [5.74, 6) is -1.07. The first-order chi connectivity index (χ1) is 7.65. The summed E-state index contributed by atoms with van der Waals surface area (Å²) in [7, 11) is 0. The summed E-state index contributed by atoms with van der Waals surface area (Å²) in [6.45, 7) is 1.50. The van der Waals surface area contributed by atoms with E-state index >= 15 is 0 Å². The number of hydrogen-bond acceptors (Lipinski definition) is 4. The van der Waals surface area contributed by atoms with Crippen LogP contribution in [0, 0.1) is 11.3 Å². The smallest absolute Gasteiger partial charge is 0.310 e. The van der Waals surface area contributed by atoms with Gasteiger partial charge in [-0.3, -0.25) is 9.59 Å². The number of H-pyrrole nitrogens is 1. The largest absolute Gasteiger partial charge is 0.347 e. The molecule has 0 spiro atoms. The van der Waals surface area contributed by atoms with E-state index in [1.807, 2.05) is 0 Å². The van der Waals surface area contributed by atoms with Gasteiger partial charge in [0.05, 0.1) is 12.1 Å². The summed E-state index contributed by atoms with van der Waals surface area (Å²) < 4.78 is 0. The van der Waals surface area contributed by atoms with Crippen molar-refractivity contribution in [1.82, 2.24) is 20.6 Å². The van der Waals surface area contributed by atoms with E-state index < -0.39 is 17.9 Å². The Bertz CT molecular complexity index is 406. The Morgan fingerprint density at radius 2 is 2.38 bits per heavy atom. The van der Waals surface area contributed by atoms with Gasteiger partial charge in [-0.1, -0.05) is 0 Å². The molecule has 0 saturated carbocycles. The summed E-state index contributed by atoms with van der Waals surface area (Å²) in [6, 6.07) is 1.31. The lowest BCUT2D eigenvalue weighted by Crippen LogP contribution is -2.41. The number of aromatic amines is 1. The second-order valence-electron chi connectivity index (χ2n) is 3.01. The topological polar surface area (TPSA) is 111 Å². The zero-order valence-corrected chi connectivity index (χ0v) is 8.65. The molecule has 1 aromatic heterocycles. The molecule has 1 rings (SSSR count). The molecule has 0 bridgehead atoms. The maximum absolute atomic E-state index is 11.3. The minimum absolute atomic E-state index is 0.193. The Hall–Kier alpha value is -2.36. The van der Waals surface area contributed by atoms with Gasteiger partial charge in [0.2, 0.25) is 0 Å². The van der Waals surface area contributed by atoms with Gasteiger partial charge in [-0.15, -0.1) is 0 Å². The number of imidazole rings is 1. The molecule has 1 heterocycles. The van der Waals surface area contributed by atoms with Crippen LogP contribution in [-0.4, -0.2) is 28.3 Å². The summed E-state index contributed by atoms with van der Waals surface area (Å²) in [5, 5.41) is 12.8. The molecule has 0 saturated heterocycles. The van der Waals surface area contributed by atoms with E-state index in [9.17, 15) is 9.59 Å². The van der Waals surface area contributed by atoms with Crippen LogP contribution in [0.2, 0.25) is 0 Å². The molecule has 3 N–H and O–H groups in total. The predicted octanol–water partition coefficient (Wildman–Crippen LogP) is -0.773. The van der Waals surface area contributed by atoms with E-state index in [4.69, 9.17) is 5.26 Å². The highest BCUT2D eigenvalue weighted by Gasteiger charge is 2.17. The second kappa shape index (κ2) is 5.50. The van der Waals surface area contributed by atoms with Crippen molar-refractivity contribution < 1.29 is 9.59 Å². The minimum Gasteiger partial charge on any atom is -0.347 e. The lowest BCUT2D eigenvalue weighted by molar-refractivity contribution is -0.139. The molecule has 2 amide bonds. The molecule has 0 aliphatic carbocycles. The fourth-order valence-electron chi connectivity index (χ4n) is 1.04. The highest BCUT2D eigenvalue weighted by Crippen LogP contribution is 2.04. The van der Waals surface area contributed by atoms with Crippen molar-refractivity contribution in [3.05, 3.63) is 18.2 Å². The Kier molecular flexibility index (Phi) is 4.03. The fourth-order valence-corrected chi connectivity index (χ4v) is 1.04. The standard InChI is InChI=1S/C9H11N5O2/c1-6(7-11-4-5-12-7)14-9(16)8(15)13-3-2-10/h4-6H,3H2,1H3,(H,11,12)(H,13,15)(H,14,16). The third kappa shape index (κ3) is 3.09. The van der Waals surface area contributed by atoms with E-state index in [1.54, 1.807) is 25.4 Å². The van der Waals surface area contributed by atoms with E-state index in [1.165, 1.54) is 0 Å². The van der Waals surface area contributed by atoms with Crippen LogP contribution in [0.1, 0.15) is 18.8 Å². The Labute approximate surface area is 91.9 Å². The first-order valence-electron chi connectivity index (χ1n) is 4.60. The second-order valence-corrected chi connectivity index (χ2v) is 3.01. The van der Waals surface area contributed by atoms with Crippen molar-refractivity contribution in [1.29, 1.82) is 5.26 Å². The quantitative estimate of drug-likeness (QED) is 0.459. The van der Waals surface area contributed by atoms with Crippen LogP contribution >= 0.6 is 0 Å². The molecule has 84 valence electrons. The average molecular weight is 221 g/mol. The lowest BCUT2D eigenvalue weighted by atomic mass is 10.3. The van der Waals surface area contributed by atoms with Crippen molar-refractivity contribution in [2.24, 2.45) is 0 Å². The molecule has 7 nitrogen and oxygen atoms in total. The monoisotopic (exact) mass is 221 g/mol. The molecule has 0 aliphatic heterocycles. The van der Waals surface area contributed by atoms with Gasteiger partial charge < -0.3 is 15.6 Å². The maximum Gasteiger partial charge on any atom is 0.310 e. The van der Waals surface area contributed by atoms with Crippen LogP contribution in [0.4, 0.5) is 0 Å². The maximum atomic E-state index is 11.3. The zero-order chi connectivity index (χ0) is 12.0. The van der Waals surface area contributed by atoms with Crippen molar-refractivity contribution in [2.45, 2.75) is 13.0 Å². The Morgan fingerprint density at radius 1 is 1.62 bits per heavy atom. The third-order valence-corrected chi connectivity index (χ3v) is 1.81. The third-order valence-electron chi connectivity index (χ3n) is 1.81. The lowest BCUT2D eigenvalue weighted by Gasteiger charge is -2.10. The molecule has 7 heteroatoms. The van der Waals surface area contributed by atoms with Gasteiger partial charge in [0.1, 0.15) is 12.4 Å². The van der Waals surface area contributed by atoms with E-state index in [2.05, 4.69) is 20.6 Å². The normalized spacial score (nSPS) is 11.2.